The Bertz CT molecular complexity index is 1580. The predicted octanol–water partition coefficient (Wildman–Crippen LogP) is 5.89. The van der Waals surface area contributed by atoms with Gasteiger partial charge in [-0.3, -0.25) is 9.36 Å². The van der Waals surface area contributed by atoms with Gasteiger partial charge in [-0.1, -0.05) is 60.9 Å². The summed E-state index contributed by atoms with van der Waals surface area (Å²) < 4.78 is 20.9. The summed E-state index contributed by atoms with van der Waals surface area (Å²) >= 11 is 13.3. The van der Waals surface area contributed by atoms with Crippen molar-refractivity contribution in [1.82, 2.24) is 4.57 Å². The first-order chi connectivity index (χ1) is 15.1. The van der Waals surface area contributed by atoms with Gasteiger partial charge in [-0.15, -0.1) is 0 Å². The third-order valence-corrected chi connectivity index (χ3v) is 7.23. The Hall–Kier alpha value is -2.74. The topological polar surface area (TPSA) is 72.4 Å². The molecule has 32 heavy (non-hydrogen) atoms. The molecule has 1 N–H and O–H groups in total. The second-order valence-electron chi connectivity index (χ2n) is 7.92. The first kappa shape index (κ1) is 21.1. The molecule has 162 valence electrons. The monoisotopic (exact) mass is 489 g/mol. The summed E-state index contributed by atoms with van der Waals surface area (Å²) in [5, 5.41) is 11.5. The van der Waals surface area contributed by atoms with Crippen molar-refractivity contribution in [3.8, 4) is 11.4 Å². The van der Waals surface area contributed by atoms with Gasteiger partial charge >= 0.3 is 5.63 Å². The fourth-order valence-electron chi connectivity index (χ4n) is 4.15. The molecule has 0 radical (unpaired) electrons. The third kappa shape index (κ3) is 2.92. The molecule has 2 aromatic carbocycles. The lowest BCUT2D eigenvalue weighted by molar-refractivity contribution is 0.445. The molecule has 5 rings (SSSR count). The molecular formula is C23H14Cl2FNO4S. The highest BCUT2D eigenvalue weighted by Crippen LogP contribution is 2.47. The molecule has 0 fully saturated rings. The second kappa shape index (κ2) is 7.13. The molecule has 0 aliphatic carbocycles. The lowest BCUT2D eigenvalue weighted by Gasteiger charge is -2.21. The Morgan fingerprint density at radius 2 is 1.84 bits per heavy atom. The first-order valence-corrected chi connectivity index (χ1v) is 11.1. The fraction of sp³-hybridized carbons (Fsp3) is 0.130. The van der Waals surface area contributed by atoms with E-state index in [-0.39, 0.29) is 20.8 Å². The molecule has 0 spiro atoms. The first-order valence-electron chi connectivity index (χ1n) is 9.50. The number of pyridine rings is 1. The van der Waals surface area contributed by atoms with Crippen LogP contribution in [-0.2, 0) is 5.41 Å². The number of benzene rings is 2. The average molecular weight is 490 g/mol. The molecule has 9 heteroatoms. The maximum absolute atomic E-state index is 14.1. The number of nitrogens with zero attached hydrogens (tertiary/aromatic N) is 1. The standard InChI is InChI=1S/C23H14Cl2FNO4S/c1-23(2)16-9-14-17(21(29)27(16)13-8-10(24)7-11(25)18(13)23)19(28)20(22(30)31-14)32-15-6-4-3-5-12(15)26/h3-9,28H,1-2H3. The minimum Gasteiger partial charge on any atom is -0.505 e. The molecule has 5 nitrogen and oxygen atoms in total. The molecule has 0 saturated heterocycles. The number of aromatic hydroxyl groups is 1. The molecule has 0 atom stereocenters. The number of aromatic nitrogens is 1. The molecule has 0 unspecified atom stereocenters. The SMILES string of the molecule is CC1(C)c2c(Cl)cc(Cl)cc2-n2c1cc1oc(=O)c(Sc3ccccc3F)c(O)c1c2=O. The van der Waals surface area contributed by atoms with Crippen LogP contribution in [0.25, 0.3) is 16.7 Å². The van der Waals surface area contributed by atoms with E-state index in [9.17, 15) is 19.1 Å². The number of hydrogen-bond donors (Lipinski definition) is 1. The Morgan fingerprint density at radius 3 is 2.56 bits per heavy atom. The van der Waals surface area contributed by atoms with Gasteiger partial charge in [-0.2, -0.15) is 0 Å². The van der Waals surface area contributed by atoms with E-state index in [0.717, 1.165) is 0 Å². The van der Waals surface area contributed by atoms with Gasteiger partial charge in [0.1, 0.15) is 21.7 Å². The Balaban J connectivity index is 1.84. The minimum atomic E-state index is -0.873. The summed E-state index contributed by atoms with van der Waals surface area (Å²) in [6.07, 6.45) is 0. The zero-order valence-corrected chi connectivity index (χ0v) is 19.0. The van der Waals surface area contributed by atoms with Gasteiger partial charge in [0.25, 0.3) is 5.56 Å². The number of rotatable bonds is 2. The van der Waals surface area contributed by atoms with Gasteiger partial charge in [0.2, 0.25) is 0 Å². The molecule has 4 aromatic rings. The molecular weight excluding hydrogens is 476 g/mol. The van der Waals surface area contributed by atoms with Crippen molar-refractivity contribution >= 4 is 45.9 Å². The van der Waals surface area contributed by atoms with Crippen LogP contribution in [0.15, 0.2) is 66.3 Å². The highest BCUT2D eigenvalue weighted by Gasteiger charge is 2.40. The number of fused-ring (bicyclic) bond motifs is 4. The highest BCUT2D eigenvalue weighted by atomic mass is 35.5. The van der Waals surface area contributed by atoms with Crippen LogP contribution in [0.1, 0.15) is 25.1 Å². The van der Waals surface area contributed by atoms with Gasteiger partial charge in [-0.25, -0.2) is 9.18 Å². The van der Waals surface area contributed by atoms with Crippen LogP contribution in [0.3, 0.4) is 0 Å². The van der Waals surface area contributed by atoms with Crippen LogP contribution in [0.2, 0.25) is 10.0 Å². The summed E-state index contributed by atoms with van der Waals surface area (Å²) in [7, 11) is 0. The van der Waals surface area contributed by atoms with E-state index in [0.29, 0.717) is 38.8 Å². The van der Waals surface area contributed by atoms with Gasteiger partial charge in [-0.05, 0) is 24.3 Å². The zero-order chi connectivity index (χ0) is 22.9. The van der Waals surface area contributed by atoms with E-state index < -0.39 is 28.2 Å². The molecule has 1 aliphatic heterocycles. The predicted molar refractivity (Wildman–Crippen MR) is 122 cm³/mol. The molecule has 3 heterocycles. The largest absolute Gasteiger partial charge is 0.505 e. The van der Waals surface area contributed by atoms with Gasteiger partial charge in [0, 0.05) is 37.7 Å². The molecule has 0 saturated carbocycles. The normalized spacial score (nSPS) is 13.9. The summed E-state index contributed by atoms with van der Waals surface area (Å²) in [5.41, 5.74) is -0.515. The molecule has 1 aliphatic rings. The van der Waals surface area contributed by atoms with Crippen LogP contribution in [-0.4, -0.2) is 9.67 Å². The number of hydrogen-bond acceptors (Lipinski definition) is 5. The van der Waals surface area contributed by atoms with Gasteiger partial charge < -0.3 is 9.52 Å². The fourth-order valence-corrected chi connectivity index (χ4v) is 5.73. The molecule has 0 bridgehead atoms. The smallest absolute Gasteiger partial charge is 0.354 e. The quantitative estimate of drug-likeness (QED) is 0.380. The Labute approximate surface area is 195 Å². The highest BCUT2D eigenvalue weighted by molar-refractivity contribution is 7.99. The van der Waals surface area contributed by atoms with Crippen molar-refractivity contribution in [3.63, 3.8) is 0 Å². The van der Waals surface area contributed by atoms with Crippen molar-refractivity contribution in [2.45, 2.75) is 29.1 Å². The van der Waals surface area contributed by atoms with Crippen LogP contribution in [0, 0.1) is 5.82 Å². The summed E-state index contributed by atoms with van der Waals surface area (Å²) in [4.78, 5) is 26.0. The van der Waals surface area contributed by atoms with E-state index in [1.165, 1.54) is 22.8 Å². The van der Waals surface area contributed by atoms with Crippen LogP contribution in [0.5, 0.6) is 5.75 Å². The minimum absolute atomic E-state index is 0.0651. The van der Waals surface area contributed by atoms with Gasteiger partial charge in [0.05, 0.1) is 5.69 Å². The lowest BCUT2D eigenvalue weighted by Crippen LogP contribution is -2.24. The Morgan fingerprint density at radius 1 is 1.12 bits per heavy atom. The summed E-state index contributed by atoms with van der Waals surface area (Å²) in [6.45, 7) is 3.77. The summed E-state index contributed by atoms with van der Waals surface area (Å²) in [5.74, 6) is -1.13. The third-order valence-electron chi connectivity index (χ3n) is 5.60. The second-order valence-corrected chi connectivity index (χ2v) is 9.81. The van der Waals surface area contributed by atoms with Crippen LogP contribution in [0.4, 0.5) is 4.39 Å². The maximum Gasteiger partial charge on any atom is 0.354 e. The van der Waals surface area contributed by atoms with Crippen molar-refractivity contribution in [2.24, 2.45) is 0 Å². The van der Waals surface area contributed by atoms with Crippen molar-refractivity contribution < 1.29 is 13.9 Å². The van der Waals surface area contributed by atoms with Crippen molar-refractivity contribution in [3.05, 3.63) is 90.4 Å². The van der Waals surface area contributed by atoms with E-state index in [2.05, 4.69) is 0 Å². The van der Waals surface area contributed by atoms with Gasteiger partial charge in [0.15, 0.2) is 5.75 Å². The van der Waals surface area contributed by atoms with Crippen molar-refractivity contribution in [2.75, 3.05) is 0 Å². The number of halogens is 3. The van der Waals surface area contributed by atoms with E-state index in [1.54, 1.807) is 24.3 Å². The maximum atomic E-state index is 14.1. The molecule has 2 aromatic heterocycles. The Kier molecular flexibility index (Phi) is 4.71. The van der Waals surface area contributed by atoms with E-state index >= 15 is 0 Å². The van der Waals surface area contributed by atoms with Crippen LogP contribution >= 0.6 is 35.0 Å². The molecule has 0 amide bonds. The summed E-state index contributed by atoms with van der Waals surface area (Å²) in [6, 6.07) is 10.6. The average Bonchev–Trinajstić information content (AvgIpc) is 2.93. The van der Waals surface area contributed by atoms with E-state index in [4.69, 9.17) is 27.6 Å². The van der Waals surface area contributed by atoms with Crippen LogP contribution < -0.4 is 11.2 Å². The van der Waals surface area contributed by atoms with E-state index in [1.807, 2.05) is 13.8 Å². The zero-order valence-electron chi connectivity index (χ0n) is 16.7. The van der Waals surface area contributed by atoms with Crippen molar-refractivity contribution in [1.29, 1.82) is 0 Å². The lowest BCUT2D eigenvalue weighted by atomic mass is 9.83.